The van der Waals surface area contributed by atoms with E-state index in [0.717, 1.165) is 4.57 Å². The van der Waals surface area contributed by atoms with Crippen molar-refractivity contribution in [3.8, 4) is 11.6 Å². The summed E-state index contributed by atoms with van der Waals surface area (Å²) in [7, 11) is -3.83. The van der Waals surface area contributed by atoms with Crippen molar-refractivity contribution in [1.29, 1.82) is 0 Å². The molecule has 0 aliphatic heterocycles. The molecule has 1 heterocycles. The van der Waals surface area contributed by atoms with Crippen molar-refractivity contribution in [1.82, 2.24) is 8.87 Å². The second kappa shape index (κ2) is 10.7. The van der Waals surface area contributed by atoms with E-state index in [2.05, 4.69) is 4.99 Å². The number of nitro benzene ring substituents is 1. The van der Waals surface area contributed by atoms with E-state index in [1.54, 1.807) is 38.1 Å². The third kappa shape index (κ3) is 4.91. The van der Waals surface area contributed by atoms with Crippen LogP contribution < -0.4 is 5.56 Å². The highest BCUT2D eigenvalue weighted by atomic mass is 35.5. The number of sulfonamides is 1. The number of nitrogens with zero attached hydrogens (tertiary/aromatic N) is 4. The highest BCUT2D eigenvalue weighted by molar-refractivity contribution is 7.89. The topological polar surface area (TPSA) is 135 Å². The predicted octanol–water partition coefficient (Wildman–Crippen LogP) is 5.04. The van der Waals surface area contributed by atoms with Gasteiger partial charge in [-0.2, -0.15) is 4.31 Å². The van der Waals surface area contributed by atoms with Crippen molar-refractivity contribution < 1.29 is 18.4 Å². The van der Waals surface area contributed by atoms with E-state index in [4.69, 9.17) is 11.6 Å². The maximum absolute atomic E-state index is 13.4. The summed E-state index contributed by atoms with van der Waals surface area (Å²) in [4.78, 5) is 28.3. The Morgan fingerprint density at radius 1 is 1.05 bits per heavy atom. The molecule has 0 spiro atoms. The fourth-order valence-electron chi connectivity index (χ4n) is 4.08. The molecule has 12 heteroatoms. The maximum Gasteiger partial charge on any atom is 0.290 e. The standard InChI is InChI=1S/C26H23ClN4O6S/c1-3-29(4-2)38(36,37)19-9-7-8-18(15-19)30-25(32)21-11-6-5-10-20(21)22(26(30)33)16-28-17-12-13-23(27)24(14-17)31(34)35/h5-16,33H,3-4H2,1-2H3. The van der Waals surface area contributed by atoms with Crippen molar-refractivity contribution in [2.75, 3.05) is 13.1 Å². The van der Waals surface area contributed by atoms with Crippen LogP contribution in [0.4, 0.5) is 11.4 Å². The van der Waals surface area contributed by atoms with Crippen molar-refractivity contribution >= 4 is 50.0 Å². The molecule has 0 unspecified atom stereocenters. The van der Waals surface area contributed by atoms with Gasteiger partial charge in [0, 0.05) is 36.1 Å². The minimum absolute atomic E-state index is 0.0261. The van der Waals surface area contributed by atoms with Crippen molar-refractivity contribution in [2.45, 2.75) is 18.7 Å². The van der Waals surface area contributed by atoms with E-state index < -0.39 is 26.4 Å². The molecular weight excluding hydrogens is 532 g/mol. The van der Waals surface area contributed by atoms with Gasteiger partial charge in [-0.3, -0.25) is 19.9 Å². The lowest BCUT2D eigenvalue weighted by Gasteiger charge is -2.19. The summed E-state index contributed by atoms with van der Waals surface area (Å²) in [5.74, 6) is -0.474. The summed E-state index contributed by atoms with van der Waals surface area (Å²) in [6, 6.07) is 16.3. The number of hydrogen-bond acceptors (Lipinski definition) is 7. The summed E-state index contributed by atoms with van der Waals surface area (Å²) in [6.45, 7) is 4.00. The Kier molecular flexibility index (Phi) is 7.63. The molecule has 0 amide bonds. The summed E-state index contributed by atoms with van der Waals surface area (Å²) in [5, 5.41) is 23.1. The fourth-order valence-corrected chi connectivity index (χ4v) is 5.77. The van der Waals surface area contributed by atoms with Crippen LogP contribution in [0.25, 0.3) is 16.5 Å². The molecule has 4 rings (SSSR count). The SMILES string of the molecule is CCN(CC)S(=O)(=O)c1cccc(-n2c(O)c(C=Nc3ccc(Cl)c([N+](=O)[O-])c3)c3ccccc3c2=O)c1. The first kappa shape index (κ1) is 27.0. The van der Waals surface area contributed by atoms with Crippen molar-refractivity contribution in [3.05, 3.63) is 97.8 Å². The highest BCUT2D eigenvalue weighted by Crippen LogP contribution is 2.31. The van der Waals surface area contributed by atoms with Crippen molar-refractivity contribution in [2.24, 2.45) is 4.99 Å². The van der Waals surface area contributed by atoms with E-state index in [-0.39, 0.29) is 51.0 Å². The average molecular weight is 555 g/mol. The number of halogens is 1. The number of fused-ring (bicyclic) bond motifs is 1. The molecule has 0 aliphatic rings. The molecule has 38 heavy (non-hydrogen) atoms. The minimum Gasteiger partial charge on any atom is -0.494 e. The molecule has 0 fully saturated rings. The molecule has 1 N–H and O–H groups in total. The predicted molar refractivity (Wildman–Crippen MR) is 147 cm³/mol. The van der Waals surface area contributed by atoms with Crippen LogP contribution in [0.3, 0.4) is 0 Å². The zero-order valence-corrected chi connectivity index (χ0v) is 22.0. The number of aromatic nitrogens is 1. The van der Waals surface area contributed by atoms with Gasteiger partial charge in [-0.15, -0.1) is 0 Å². The summed E-state index contributed by atoms with van der Waals surface area (Å²) < 4.78 is 28.5. The number of hydrogen-bond donors (Lipinski definition) is 1. The normalized spacial score (nSPS) is 12.0. The number of aliphatic imine (C=N–C) groups is 1. The molecule has 0 radical (unpaired) electrons. The van der Waals surface area contributed by atoms with Crippen LogP contribution in [-0.2, 0) is 10.0 Å². The monoisotopic (exact) mass is 554 g/mol. The van der Waals surface area contributed by atoms with Gasteiger partial charge in [0.1, 0.15) is 5.02 Å². The lowest BCUT2D eigenvalue weighted by atomic mass is 10.1. The van der Waals surface area contributed by atoms with Gasteiger partial charge < -0.3 is 5.11 Å². The second-order valence-electron chi connectivity index (χ2n) is 8.16. The Morgan fingerprint density at radius 3 is 2.39 bits per heavy atom. The van der Waals surface area contributed by atoms with Crippen LogP contribution in [0, 0.1) is 10.1 Å². The smallest absolute Gasteiger partial charge is 0.290 e. The maximum atomic E-state index is 13.4. The molecule has 10 nitrogen and oxygen atoms in total. The van der Waals surface area contributed by atoms with Gasteiger partial charge in [0.2, 0.25) is 15.9 Å². The van der Waals surface area contributed by atoms with Gasteiger partial charge in [-0.1, -0.05) is 49.7 Å². The number of rotatable bonds is 8. The molecule has 0 bridgehead atoms. The first-order chi connectivity index (χ1) is 18.1. The third-order valence-corrected chi connectivity index (χ3v) is 8.36. The Hall–Kier alpha value is -4.06. The zero-order chi connectivity index (χ0) is 27.6. The van der Waals surface area contributed by atoms with E-state index >= 15 is 0 Å². The number of pyridine rings is 1. The van der Waals surface area contributed by atoms with Gasteiger partial charge in [0.05, 0.1) is 26.8 Å². The van der Waals surface area contributed by atoms with E-state index in [0.29, 0.717) is 5.39 Å². The molecule has 0 saturated carbocycles. The quantitative estimate of drug-likeness (QED) is 0.184. The molecule has 3 aromatic carbocycles. The molecule has 4 aromatic rings. The van der Waals surface area contributed by atoms with Gasteiger partial charge in [-0.25, -0.2) is 13.0 Å². The molecule has 1 aromatic heterocycles. The number of benzene rings is 3. The van der Waals surface area contributed by atoms with Crippen LogP contribution in [0.5, 0.6) is 5.88 Å². The zero-order valence-electron chi connectivity index (χ0n) is 20.4. The minimum atomic E-state index is -3.83. The molecule has 196 valence electrons. The summed E-state index contributed by atoms with van der Waals surface area (Å²) in [6.07, 6.45) is 1.29. The lowest BCUT2D eigenvalue weighted by molar-refractivity contribution is -0.384. The Labute approximate surface area is 223 Å². The first-order valence-electron chi connectivity index (χ1n) is 11.6. The lowest BCUT2D eigenvalue weighted by Crippen LogP contribution is -2.30. The Balaban J connectivity index is 1.92. The second-order valence-corrected chi connectivity index (χ2v) is 10.5. The van der Waals surface area contributed by atoms with E-state index in [1.807, 2.05) is 0 Å². The molecular formula is C26H23ClN4O6S. The largest absolute Gasteiger partial charge is 0.494 e. The number of nitro groups is 1. The van der Waals surface area contributed by atoms with E-state index in [9.17, 15) is 28.4 Å². The van der Waals surface area contributed by atoms with Gasteiger partial charge in [0.15, 0.2) is 0 Å². The molecule has 0 atom stereocenters. The van der Waals surface area contributed by atoms with Crippen LogP contribution in [0.15, 0.2) is 81.4 Å². The van der Waals surface area contributed by atoms with Crippen LogP contribution in [0.1, 0.15) is 19.4 Å². The first-order valence-corrected chi connectivity index (χ1v) is 13.4. The van der Waals surface area contributed by atoms with E-state index in [1.165, 1.54) is 53.0 Å². The average Bonchev–Trinajstić information content (AvgIpc) is 2.90. The van der Waals surface area contributed by atoms with Gasteiger partial charge in [0.25, 0.3) is 11.2 Å². The third-order valence-electron chi connectivity index (χ3n) is 5.99. The Bertz CT molecular complexity index is 1750. The van der Waals surface area contributed by atoms with Crippen molar-refractivity contribution in [3.63, 3.8) is 0 Å². The fraction of sp³-hybridized carbons (Fsp3) is 0.154. The highest BCUT2D eigenvalue weighted by Gasteiger charge is 2.23. The van der Waals surface area contributed by atoms with Crippen LogP contribution in [0.2, 0.25) is 5.02 Å². The Morgan fingerprint density at radius 2 is 1.74 bits per heavy atom. The van der Waals surface area contributed by atoms with Gasteiger partial charge >= 0.3 is 0 Å². The van der Waals surface area contributed by atoms with Crippen LogP contribution >= 0.6 is 11.6 Å². The summed E-state index contributed by atoms with van der Waals surface area (Å²) in [5.41, 5.74) is -0.380. The number of aromatic hydroxyl groups is 1. The molecule has 0 saturated heterocycles. The molecule has 0 aliphatic carbocycles. The van der Waals surface area contributed by atoms with Crippen LogP contribution in [-0.4, -0.2) is 46.6 Å². The van der Waals surface area contributed by atoms with Gasteiger partial charge in [-0.05, 0) is 36.4 Å². The summed E-state index contributed by atoms with van der Waals surface area (Å²) >= 11 is 5.88.